The number of halogens is 1. The second-order valence-corrected chi connectivity index (χ2v) is 5.29. The van der Waals surface area contributed by atoms with Crippen LogP contribution in [-0.4, -0.2) is 43.5 Å². The van der Waals surface area contributed by atoms with Crippen LogP contribution in [0.15, 0.2) is 18.2 Å². The van der Waals surface area contributed by atoms with Crippen LogP contribution >= 0.6 is 11.6 Å². The molecule has 3 nitrogen and oxygen atoms in total. The average Bonchev–Trinajstić information content (AvgIpc) is 2.30. The lowest BCUT2D eigenvalue weighted by Gasteiger charge is -2.24. The van der Waals surface area contributed by atoms with Crippen molar-refractivity contribution in [2.45, 2.75) is 19.9 Å². The highest BCUT2D eigenvalue weighted by atomic mass is 35.5. The van der Waals surface area contributed by atoms with Crippen molar-refractivity contribution in [2.75, 3.05) is 39.5 Å². The van der Waals surface area contributed by atoms with Crippen LogP contribution in [0.1, 0.15) is 18.9 Å². The van der Waals surface area contributed by atoms with E-state index >= 15 is 0 Å². The molecule has 0 heterocycles. The Bertz CT molecular complexity index is 346. The number of nitrogens with zero attached hydrogens (tertiary/aromatic N) is 2. The third-order valence-electron chi connectivity index (χ3n) is 2.94. The molecule has 0 saturated heterocycles. The van der Waals surface area contributed by atoms with Gasteiger partial charge in [0, 0.05) is 35.9 Å². The number of nitrogens with two attached hydrogens (primary N) is 1. The minimum atomic E-state index is 0.765. The highest BCUT2D eigenvalue weighted by Gasteiger charge is 2.10. The van der Waals surface area contributed by atoms with Gasteiger partial charge in [-0.05, 0) is 39.2 Å². The molecule has 4 heteroatoms. The Morgan fingerprint density at radius 2 is 1.89 bits per heavy atom. The van der Waals surface area contributed by atoms with Crippen LogP contribution in [0.2, 0.25) is 5.02 Å². The molecule has 0 aliphatic carbocycles. The number of hydrogen-bond acceptors (Lipinski definition) is 3. The van der Waals surface area contributed by atoms with Gasteiger partial charge in [0.25, 0.3) is 0 Å². The van der Waals surface area contributed by atoms with Crippen LogP contribution in [0.3, 0.4) is 0 Å². The fourth-order valence-corrected chi connectivity index (χ4v) is 2.13. The van der Waals surface area contributed by atoms with E-state index in [9.17, 15) is 0 Å². The lowest BCUT2D eigenvalue weighted by atomic mass is 10.1. The fraction of sp³-hybridized carbons (Fsp3) is 0.571. The van der Waals surface area contributed by atoms with Gasteiger partial charge in [0.05, 0.1) is 0 Å². The average molecular weight is 270 g/mol. The first-order valence-corrected chi connectivity index (χ1v) is 6.82. The first-order chi connectivity index (χ1) is 8.54. The van der Waals surface area contributed by atoms with Crippen molar-refractivity contribution in [3.8, 4) is 0 Å². The van der Waals surface area contributed by atoms with Gasteiger partial charge in [-0.2, -0.15) is 0 Å². The summed E-state index contributed by atoms with van der Waals surface area (Å²) >= 11 is 6.22. The standard InChI is InChI=1S/C14H24ClN3/c1-4-8-18(10-9-17(2)3)11-12-13(15)6-5-7-14(12)16/h5-7H,4,8-11,16H2,1-3H3. The van der Waals surface area contributed by atoms with Gasteiger partial charge in [0.15, 0.2) is 0 Å². The minimum absolute atomic E-state index is 0.765. The lowest BCUT2D eigenvalue weighted by molar-refractivity contribution is 0.234. The molecule has 0 aromatic heterocycles. The highest BCUT2D eigenvalue weighted by molar-refractivity contribution is 6.31. The Labute approximate surface area is 116 Å². The molecule has 0 bridgehead atoms. The Morgan fingerprint density at radius 3 is 2.44 bits per heavy atom. The third kappa shape index (κ3) is 4.84. The summed E-state index contributed by atoms with van der Waals surface area (Å²) in [6, 6.07) is 5.71. The molecule has 1 aromatic rings. The van der Waals surface area contributed by atoms with Crippen molar-refractivity contribution in [3.63, 3.8) is 0 Å². The Kier molecular flexibility index (Phi) is 6.47. The molecular weight excluding hydrogens is 246 g/mol. The number of anilines is 1. The van der Waals surface area contributed by atoms with Gasteiger partial charge in [-0.3, -0.25) is 4.90 Å². The van der Waals surface area contributed by atoms with Crippen molar-refractivity contribution in [1.82, 2.24) is 9.80 Å². The molecule has 0 spiro atoms. The molecule has 0 amide bonds. The largest absolute Gasteiger partial charge is 0.398 e. The van der Waals surface area contributed by atoms with Gasteiger partial charge in [-0.15, -0.1) is 0 Å². The summed E-state index contributed by atoms with van der Waals surface area (Å²) in [5.41, 5.74) is 7.83. The molecule has 102 valence electrons. The molecule has 0 aliphatic heterocycles. The Morgan fingerprint density at radius 1 is 1.17 bits per heavy atom. The zero-order chi connectivity index (χ0) is 13.5. The van der Waals surface area contributed by atoms with E-state index in [-0.39, 0.29) is 0 Å². The van der Waals surface area contributed by atoms with Gasteiger partial charge in [-0.25, -0.2) is 0 Å². The van der Waals surface area contributed by atoms with Crippen molar-refractivity contribution >= 4 is 17.3 Å². The van der Waals surface area contributed by atoms with E-state index < -0.39 is 0 Å². The van der Waals surface area contributed by atoms with Crippen LogP contribution in [0.5, 0.6) is 0 Å². The van der Waals surface area contributed by atoms with Crippen LogP contribution in [0.25, 0.3) is 0 Å². The predicted molar refractivity (Wildman–Crippen MR) is 80.0 cm³/mol. The van der Waals surface area contributed by atoms with E-state index in [1.54, 1.807) is 0 Å². The first kappa shape index (κ1) is 15.3. The normalized spacial score (nSPS) is 11.4. The molecule has 0 fully saturated rings. The summed E-state index contributed by atoms with van der Waals surface area (Å²) in [5.74, 6) is 0. The Balaban J connectivity index is 2.70. The number of rotatable bonds is 7. The van der Waals surface area contributed by atoms with Crippen LogP contribution < -0.4 is 5.73 Å². The maximum Gasteiger partial charge on any atom is 0.0471 e. The van der Waals surface area contributed by atoms with E-state index in [0.29, 0.717) is 0 Å². The van der Waals surface area contributed by atoms with E-state index in [0.717, 1.165) is 48.9 Å². The van der Waals surface area contributed by atoms with Gasteiger partial charge in [0.2, 0.25) is 0 Å². The zero-order valence-corrected chi connectivity index (χ0v) is 12.4. The van der Waals surface area contributed by atoms with Crippen molar-refractivity contribution in [1.29, 1.82) is 0 Å². The van der Waals surface area contributed by atoms with Gasteiger partial charge in [-0.1, -0.05) is 24.6 Å². The molecule has 0 unspecified atom stereocenters. The first-order valence-electron chi connectivity index (χ1n) is 6.44. The van der Waals surface area contributed by atoms with E-state index in [1.807, 2.05) is 18.2 Å². The predicted octanol–water partition coefficient (Wildman–Crippen LogP) is 2.70. The van der Waals surface area contributed by atoms with Crippen molar-refractivity contribution < 1.29 is 0 Å². The number of hydrogen-bond donors (Lipinski definition) is 1. The quantitative estimate of drug-likeness (QED) is 0.773. The third-order valence-corrected chi connectivity index (χ3v) is 3.29. The van der Waals surface area contributed by atoms with E-state index in [2.05, 4.69) is 30.8 Å². The molecule has 0 atom stereocenters. The van der Waals surface area contributed by atoms with Crippen LogP contribution in [0.4, 0.5) is 5.69 Å². The van der Waals surface area contributed by atoms with Crippen molar-refractivity contribution in [3.05, 3.63) is 28.8 Å². The maximum absolute atomic E-state index is 6.22. The minimum Gasteiger partial charge on any atom is -0.398 e. The summed E-state index contributed by atoms with van der Waals surface area (Å²) in [5, 5.41) is 0.765. The number of nitrogen functional groups attached to an aromatic ring is 1. The molecule has 18 heavy (non-hydrogen) atoms. The molecule has 0 radical (unpaired) electrons. The van der Waals surface area contributed by atoms with Gasteiger partial charge < -0.3 is 10.6 Å². The smallest absolute Gasteiger partial charge is 0.0471 e. The summed E-state index contributed by atoms with van der Waals surface area (Å²) in [6.07, 6.45) is 1.14. The van der Waals surface area contributed by atoms with Gasteiger partial charge >= 0.3 is 0 Å². The molecular formula is C14H24ClN3. The van der Waals surface area contributed by atoms with E-state index in [4.69, 9.17) is 17.3 Å². The summed E-state index contributed by atoms with van der Waals surface area (Å²) in [4.78, 5) is 4.59. The molecule has 1 aromatic carbocycles. The van der Waals surface area contributed by atoms with Gasteiger partial charge in [0.1, 0.15) is 0 Å². The molecule has 1 rings (SSSR count). The van der Waals surface area contributed by atoms with Crippen molar-refractivity contribution in [2.24, 2.45) is 0 Å². The zero-order valence-electron chi connectivity index (χ0n) is 11.6. The highest BCUT2D eigenvalue weighted by Crippen LogP contribution is 2.23. The summed E-state index contributed by atoms with van der Waals surface area (Å²) < 4.78 is 0. The maximum atomic E-state index is 6.22. The summed E-state index contributed by atoms with van der Waals surface area (Å²) in [7, 11) is 4.18. The monoisotopic (exact) mass is 269 g/mol. The summed E-state index contributed by atoms with van der Waals surface area (Å²) in [6.45, 7) is 6.17. The second kappa shape index (κ2) is 7.62. The number of benzene rings is 1. The van der Waals surface area contributed by atoms with Crippen LogP contribution in [0, 0.1) is 0 Å². The second-order valence-electron chi connectivity index (χ2n) is 4.89. The molecule has 0 saturated carbocycles. The Hall–Kier alpha value is -0.770. The molecule has 0 aliphatic rings. The SMILES string of the molecule is CCCN(CCN(C)C)Cc1c(N)cccc1Cl. The number of likely N-dealkylation sites (N-methyl/N-ethyl adjacent to an activating group) is 1. The van der Waals surface area contributed by atoms with E-state index in [1.165, 1.54) is 0 Å². The van der Waals surface area contributed by atoms with Crippen LogP contribution in [-0.2, 0) is 6.54 Å². The topological polar surface area (TPSA) is 32.5 Å². The lowest BCUT2D eigenvalue weighted by Crippen LogP contribution is -2.32. The fourth-order valence-electron chi connectivity index (χ4n) is 1.89. The molecule has 2 N–H and O–H groups in total.